The van der Waals surface area contributed by atoms with E-state index in [2.05, 4.69) is 5.32 Å². The Labute approximate surface area is 106 Å². The largest absolute Gasteiger partial charge is 0.398 e. The highest BCUT2D eigenvalue weighted by atomic mass is 35.5. The van der Waals surface area contributed by atoms with Crippen LogP contribution in [-0.2, 0) is 6.54 Å². The summed E-state index contributed by atoms with van der Waals surface area (Å²) in [4.78, 5) is 0. The molecule has 88 valence electrons. The molecule has 0 fully saturated rings. The van der Waals surface area contributed by atoms with Crippen LogP contribution in [0.2, 0.25) is 5.02 Å². The number of nitrogen functional groups attached to an aromatic ring is 1. The Balaban J connectivity index is 2.10. The molecule has 2 aromatic carbocycles. The van der Waals surface area contributed by atoms with Crippen molar-refractivity contribution in [2.45, 2.75) is 13.5 Å². The van der Waals surface area contributed by atoms with E-state index in [1.165, 1.54) is 0 Å². The quantitative estimate of drug-likeness (QED) is 0.808. The lowest BCUT2D eigenvalue weighted by Gasteiger charge is -2.10. The average molecular weight is 247 g/mol. The second kappa shape index (κ2) is 5.11. The summed E-state index contributed by atoms with van der Waals surface area (Å²) in [5.74, 6) is 0. The minimum Gasteiger partial charge on any atom is -0.398 e. The van der Waals surface area contributed by atoms with E-state index in [1.807, 2.05) is 49.4 Å². The predicted octanol–water partition coefficient (Wildman–Crippen LogP) is 3.84. The number of anilines is 2. The summed E-state index contributed by atoms with van der Waals surface area (Å²) in [6.45, 7) is 2.69. The first kappa shape index (κ1) is 11.8. The average Bonchev–Trinajstić information content (AvgIpc) is 2.30. The van der Waals surface area contributed by atoms with Gasteiger partial charge in [0.1, 0.15) is 0 Å². The fraction of sp³-hybridized carbons (Fsp3) is 0.143. The second-order valence-corrected chi connectivity index (χ2v) is 4.44. The van der Waals surface area contributed by atoms with Gasteiger partial charge >= 0.3 is 0 Å². The van der Waals surface area contributed by atoms with Crippen molar-refractivity contribution in [3.05, 3.63) is 58.6 Å². The summed E-state index contributed by atoms with van der Waals surface area (Å²) in [5, 5.41) is 4.02. The van der Waals surface area contributed by atoms with Gasteiger partial charge in [-0.1, -0.05) is 35.9 Å². The Kier molecular flexibility index (Phi) is 3.55. The van der Waals surface area contributed by atoms with Gasteiger partial charge in [0.05, 0.1) is 10.7 Å². The van der Waals surface area contributed by atoms with Gasteiger partial charge in [0.2, 0.25) is 0 Å². The maximum atomic E-state index is 6.14. The first-order chi connectivity index (χ1) is 8.16. The van der Waals surface area contributed by atoms with Gasteiger partial charge in [-0.05, 0) is 36.2 Å². The van der Waals surface area contributed by atoms with Crippen LogP contribution in [0.3, 0.4) is 0 Å². The third-order valence-electron chi connectivity index (χ3n) is 2.65. The molecule has 0 aromatic heterocycles. The monoisotopic (exact) mass is 246 g/mol. The molecule has 0 spiro atoms. The summed E-state index contributed by atoms with van der Waals surface area (Å²) in [7, 11) is 0. The molecule has 0 heterocycles. The molecule has 0 aliphatic rings. The molecule has 0 saturated heterocycles. The molecule has 0 saturated carbocycles. The van der Waals surface area contributed by atoms with E-state index in [-0.39, 0.29) is 0 Å². The van der Waals surface area contributed by atoms with Crippen LogP contribution in [0, 0.1) is 6.92 Å². The van der Waals surface area contributed by atoms with E-state index in [4.69, 9.17) is 17.3 Å². The predicted molar refractivity (Wildman–Crippen MR) is 74.4 cm³/mol. The number of halogens is 1. The van der Waals surface area contributed by atoms with Crippen molar-refractivity contribution in [1.82, 2.24) is 0 Å². The van der Waals surface area contributed by atoms with Gasteiger partial charge in [-0.2, -0.15) is 0 Å². The standard InChI is InChI=1S/C14H15ClN2/c1-10-6-7-14(12(15)8-10)17-9-11-4-2-3-5-13(11)16/h2-8,17H,9,16H2,1H3. The Morgan fingerprint density at radius 1 is 1.18 bits per heavy atom. The van der Waals surface area contributed by atoms with E-state index in [0.29, 0.717) is 6.54 Å². The molecular formula is C14H15ClN2. The molecule has 2 nitrogen and oxygen atoms in total. The highest BCUT2D eigenvalue weighted by Gasteiger charge is 2.01. The molecule has 17 heavy (non-hydrogen) atoms. The van der Waals surface area contributed by atoms with Gasteiger partial charge in [0.15, 0.2) is 0 Å². The summed E-state index contributed by atoms with van der Waals surface area (Å²) in [6, 6.07) is 13.8. The zero-order valence-corrected chi connectivity index (χ0v) is 10.5. The van der Waals surface area contributed by atoms with Crippen molar-refractivity contribution in [2.24, 2.45) is 0 Å². The smallest absolute Gasteiger partial charge is 0.0640 e. The number of nitrogens with two attached hydrogens (primary N) is 1. The first-order valence-corrected chi connectivity index (χ1v) is 5.88. The van der Waals surface area contributed by atoms with Crippen molar-refractivity contribution in [3.8, 4) is 0 Å². The number of nitrogens with one attached hydrogen (secondary N) is 1. The molecule has 3 N–H and O–H groups in total. The molecule has 0 radical (unpaired) electrons. The van der Waals surface area contributed by atoms with Gasteiger partial charge in [-0.3, -0.25) is 0 Å². The SMILES string of the molecule is Cc1ccc(NCc2ccccc2N)c(Cl)c1. The zero-order valence-electron chi connectivity index (χ0n) is 9.70. The Morgan fingerprint density at radius 3 is 2.65 bits per heavy atom. The minimum atomic E-state index is 0.676. The molecule has 0 aliphatic carbocycles. The van der Waals surface area contributed by atoms with Gasteiger partial charge in [0, 0.05) is 12.2 Å². The van der Waals surface area contributed by atoms with Crippen LogP contribution in [-0.4, -0.2) is 0 Å². The van der Waals surface area contributed by atoms with Crippen molar-refractivity contribution in [2.75, 3.05) is 11.1 Å². The molecule has 0 aliphatic heterocycles. The molecule has 0 bridgehead atoms. The van der Waals surface area contributed by atoms with Crippen LogP contribution < -0.4 is 11.1 Å². The molecule has 2 aromatic rings. The lowest BCUT2D eigenvalue weighted by molar-refractivity contribution is 1.15. The number of hydrogen-bond acceptors (Lipinski definition) is 2. The molecule has 0 unspecified atom stereocenters. The van der Waals surface area contributed by atoms with E-state index >= 15 is 0 Å². The van der Waals surface area contributed by atoms with Crippen LogP contribution in [0.1, 0.15) is 11.1 Å². The van der Waals surface area contributed by atoms with Gasteiger partial charge in [-0.25, -0.2) is 0 Å². The van der Waals surface area contributed by atoms with Crippen LogP contribution in [0.4, 0.5) is 11.4 Å². The number of para-hydroxylation sites is 1. The van der Waals surface area contributed by atoms with Crippen LogP contribution in [0.25, 0.3) is 0 Å². The molecule has 0 atom stereocenters. The van der Waals surface area contributed by atoms with Gasteiger partial charge < -0.3 is 11.1 Å². The normalized spacial score (nSPS) is 10.2. The van der Waals surface area contributed by atoms with E-state index in [0.717, 1.165) is 27.5 Å². The lowest BCUT2D eigenvalue weighted by Crippen LogP contribution is -2.03. The summed E-state index contributed by atoms with van der Waals surface area (Å²) in [6.07, 6.45) is 0. The third-order valence-corrected chi connectivity index (χ3v) is 2.96. The van der Waals surface area contributed by atoms with Crippen molar-refractivity contribution >= 4 is 23.0 Å². The van der Waals surface area contributed by atoms with Crippen LogP contribution >= 0.6 is 11.6 Å². The fourth-order valence-corrected chi connectivity index (χ4v) is 1.95. The zero-order chi connectivity index (χ0) is 12.3. The summed E-state index contributed by atoms with van der Waals surface area (Å²) < 4.78 is 0. The highest BCUT2D eigenvalue weighted by Crippen LogP contribution is 2.23. The molecule has 2 rings (SSSR count). The third kappa shape index (κ3) is 2.92. The van der Waals surface area contributed by atoms with E-state index in [1.54, 1.807) is 0 Å². The summed E-state index contributed by atoms with van der Waals surface area (Å²) >= 11 is 6.14. The maximum Gasteiger partial charge on any atom is 0.0640 e. The van der Waals surface area contributed by atoms with Crippen LogP contribution in [0.15, 0.2) is 42.5 Å². The molecule has 3 heteroatoms. The molecular weight excluding hydrogens is 232 g/mol. The van der Waals surface area contributed by atoms with Crippen molar-refractivity contribution in [3.63, 3.8) is 0 Å². The topological polar surface area (TPSA) is 38.0 Å². The first-order valence-electron chi connectivity index (χ1n) is 5.50. The Bertz CT molecular complexity index is 523. The van der Waals surface area contributed by atoms with Crippen LogP contribution in [0.5, 0.6) is 0 Å². The minimum absolute atomic E-state index is 0.676. The highest BCUT2D eigenvalue weighted by molar-refractivity contribution is 6.33. The fourth-order valence-electron chi connectivity index (χ4n) is 1.65. The number of benzene rings is 2. The van der Waals surface area contributed by atoms with Crippen molar-refractivity contribution in [1.29, 1.82) is 0 Å². The second-order valence-electron chi connectivity index (χ2n) is 4.04. The van der Waals surface area contributed by atoms with E-state index < -0.39 is 0 Å². The Morgan fingerprint density at radius 2 is 1.94 bits per heavy atom. The van der Waals surface area contributed by atoms with E-state index in [9.17, 15) is 0 Å². The maximum absolute atomic E-state index is 6.14. The number of hydrogen-bond donors (Lipinski definition) is 2. The van der Waals surface area contributed by atoms with Crippen molar-refractivity contribution < 1.29 is 0 Å². The number of rotatable bonds is 3. The van der Waals surface area contributed by atoms with Gasteiger partial charge in [-0.15, -0.1) is 0 Å². The molecule has 0 amide bonds. The number of aryl methyl sites for hydroxylation is 1. The van der Waals surface area contributed by atoms with Gasteiger partial charge in [0.25, 0.3) is 0 Å². The Hall–Kier alpha value is -1.67. The summed E-state index contributed by atoms with van der Waals surface area (Å²) in [5.41, 5.74) is 9.83. The lowest BCUT2D eigenvalue weighted by atomic mass is 10.1.